The summed E-state index contributed by atoms with van der Waals surface area (Å²) in [5, 5.41) is 1.23. The Morgan fingerprint density at radius 2 is 1.71 bits per heavy atom. The van der Waals surface area contributed by atoms with E-state index in [0.29, 0.717) is 0 Å². The van der Waals surface area contributed by atoms with Crippen molar-refractivity contribution in [3.8, 4) is 0 Å². The van der Waals surface area contributed by atoms with E-state index in [9.17, 15) is 0 Å². The number of rotatable bonds is 2. The number of hydrogen-bond acceptors (Lipinski definition) is 2. The molecule has 21 heavy (non-hydrogen) atoms. The van der Waals surface area contributed by atoms with E-state index >= 15 is 0 Å². The normalized spacial score (nSPS) is 20.4. The first kappa shape index (κ1) is 14.7. The Kier molecular flexibility index (Phi) is 3.23. The standard InChI is InChI=1S/C17H24BNO2/c1-7-12-9-8-10-13-14(11-19(6)15(12)13)18-20-16(2,3)17(4,5)21-18/h8-11H,7H2,1-6H3. The van der Waals surface area contributed by atoms with Crippen LogP contribution in [0, 0.1) is 0 Å². The zero-order chi connectivity index (χ0) is 15.4. The molecular formula is C17H24BNO2. The zero-order valence-corrected chi connectivity index (χ0v) is 13.9. The number of aromatic nitrogens is 1. The lowest BCUT2D eigenvalue weighted by atomic mass is 9.78. The van der Waals surface area contributed by atoms with Crippen LogP contribution < -0.4 is 5.46 Å². The maximum absolute atomic E-state index is 6.21. The number of benzene rings is 1. The van der Waals surface area contributed by atoms with E-state index in [1.165, 1.54) is 16.5 Å². The minimum absolute atomic E-state index is 0.300. The SMILES string of the molecule is CCc1cccc2c(B3OC(C)(C)C(C)(C)O3)cn(C)c12. The van der Waals surface area contributed by atoms with Gasteiger partial charge in [-0.05, 0) is 45.1 Å². The smallest absolute Gasteiger partial charge is 0.399 e. The van der Waals surface area contributed by atoms with Crippen LogP contribution in [0.15, 0.2) is 24.4 Å². The highest BCUT2D eigenvalue weighted by molar-refractivity contribution is 6.65. The molecule has 0 spiro atoms. The average molecular weight is 285 g/mol. The number of fused-ring (bicyclic) bond motifs is 1. The van der Waals surface area contributed by atoms with Gasteiger partial charge in [0.1, 0.15) is 0 Å². The van der Waals surface area contributed by atoms with Crippen molar-refractivity contribution in [1.29, 1.82) is 0 Å². The minimum atomic E-state index is -0.303. The molecule has 1 saturated heterocycles. The van der Waals surface area contributed by atoms with Crippen molar-refractivity contribution in [1.82, 2.24) is 4.57 Å². The lowest BCUT2D eigenvalue weighted by Gasteiger charge is -2.32. The molecule has 0 atom stereocenters. The van der Waals surface area contributed by atoms with Crippen LogP contribution in [-0.4, -0.2) is 22.9 Å². The third kappa shape index (κ3) is 2.12. The van der Waals surface area contributed by atoms with Gasteiger partial charge in [0, 0.05) is 18.7 Å². The molecule has 0 unspecified atom stereocenters. The summed E-state index contributed by atoms with van der Waals surface area (Å²) in [6, 6.07) is 6.47. The first-order valence-electron chi connectivity index (χ1n) is 7.69. The van der Waals surface area contributed by atoms with E-state index in [4.69, 9.17) is 9.31 Å². The Morgan fingerprint density at radius 3 is 2.29 bits per heavy atom. The van der Waals surface area contributed by atoms with Gasteiger partial charge >= 0.3 is 7.12 Å². The molecule has 1 aromatic heterocycles. The third-order valence-corrected chi connectivity index (χ3v) is 5.00. The Hall–Kier alpha value is -1.26. The predicted molar refractivity (Wildman–Crippen MR) is 88.0 cm³/mol. The molecular weight excluding hydrogens is 261 g/mol. The molecule has 4 heteroatoms. The van der Waals surface area contributed by atoms with Gasteiger partial charge in [0.05, 0.1) is 16.7 Å². The molecule has 1 aliphatic heterocycles. The maximum atomic E-state index is 6.21. The van der Waals surface area contributed by atoms with E-state index in [0.717, 1.165) is 11.9 Å². The summed E-state index contributed by atoms with van der Waals surface area (Å²) >= 11 is 0. The molecule has 3 nitrogen and oxygen atoms in total. The molecule has 112 valence electrons. The highest BCUT2D eigenvalue weighted by Gasteiger charge is 2.52. The Labute approximate surface area is 127 Å². The van der Waals surface area contributed by atoms with Crippen molar-refractivity contribution in [2.45, 2.75) is 52.2 Å². The summed E-state index contributed by atoms with van der Waals surface area (Å²) in [4.78, 5) is 0. The average Bonchev–Trinajstić information content (AvgIpc) is 2.85. The second-order valence-corrected chi connectivity index (χ2v) is 6.95. The third-order valence-electron chi connectivity index (χ3n) is 5.00. The lowest BCUT2D eigenvalue weighted by molar-refractivity contribution is 0.00578. The molecule has 0 N–H and O–H groups in total. The van der Waals surface area contributed by atoms with E-state index in [2.05, 4.69) is 70.6 Å². The quantitative estimate of drug-likeness (QED) is 0.792. The Morgan fingerprint density at radius 1 is 1.10 bits per heavy atom. The number of aryl methyl sites for hydroxylation is 2. The molecule has 0 bridgehead atoms. The largest absolute Gasteiger partial charge is 0.497 e. The Balaban J connectivity index is 2.11. The molecule has 0 aliphatic carbocycles. The van der Waals surface area contributed by atoms with E-state index in [1.807, 2.05) is 0 Å². The first-order chi connectivity index (χ1) is 9.77. The van der Waals surface area contributed by atoms with Gasteiger partial charge in [0.25, 0.3) is 0 Å². The second-order valence-electron chi connectivity index (χ2n) is 6.95. The van der Waals surface area contributed by atoms with Crippen LogP contribution in [0.2, 0.25) is 0 Å². The Bertz CT molecular complexity index is 671. The van der Waals surface area contributed by atoms with Crippen molar-refractivity contribution in [3.63, 3.8) is 0 Å². The molecule has 2 heterocycles. The van der Waals surface area contributed by atoms with Crippen molar-refractivity contribution >= 4 is 23.5 Å². The summed E-state index contributed by atoms with van der Waals surface area (Å²) in [7, 11) is 1.79. The highest BCUT2D eigenvalue weighted by Crippen LogP contribution is 2.37. The summed E-state index contributed by atoms with van der Waals surface area (Å²) in [5.74, 6) is 0. The fraction of sp³-hybridized carbons (Fsp3) is 0.529. The van der Waals surface area contributed by atoms with Crippen molar-refractivity contribution in [2.24, 2.45) is 7.05 Å². The van der Waals surface area contributed by atoms with Crippen LogP contribution in [0.3, 0.4) is 0 Å². The van der Waals surface area contributed by atoms with E-state index in [1.54, 1.807) is 0 Å². The molecule has 1 aromatic carbocycles. The number of hydrogen-bond donors (Lipinski definition) is 0. The van der Waals surface area contributed by atoms with Crippen molar-refractivity contribution < 1.29 is 9.31 Å². The van der Waals surface area contributed by atoms with Crippen LogP contribution in [0.5, 0.6) is 0 Å². The van der Waals surface area contributed by atoms with Crippen LogP contribution in [-0.2, 0) is 22.8 Å². The van der Waals surface area contributed by atoms with Crippen LogP contribution in [0.1, 0.15) is 40.2 Å². The first-order valence-corrected chi connectivity index (χ1v) is 7.69. The monoisotopic (exact) mass is 285 g/mol. The molecule has 1 aliphatic rings. The van der Waals surface area contributed by atoms with Gasteiger partial charge in [-0.2, -0.15) is 0 Å². The van der Waals surface area contributed by atoms with Gasteiger partial charge in [0.2, 0.25) is 0 Å². The summed E-state index contributed by atoms with van der Waals surface area (Å²) < 4.78 is 14.6. The van der Waals surface area contributed by atoms with Crippen LogP contribution in [0.25, 0.3) is 10.9 Å². The fourth-order valence-electron chi connectivity index (χ4n) is 3.03. The van der Waals surface area contributed by atoms with Gasteiger partial charge in [-0.3, -0.25) is 0 Å². The summed E-state index contributed by atoms with van der Waals surface area (Å²) in [5.41, 5.74) is 3.16. The molecule has 3 rings (SSSR count). The molecule has 2 aromatic rings. The van der Waals surface area contributed by atoms with E-state index < -0.39 is 0 Å². The van der Waals surface area contributed by atoms with Crippen LogP contribution in [0.4, 0.5) is 0 Å². The lowest BCUT2D eigenvalue weighted by Crippen LogP contribution is -2.41. The van der Waals surface area contributed by atoms with Gasteiger partial charge in [-0.15, -0.1) is 0 Å². The van der Waals surface area contributed by atoms with E-state index in [-0.39, 0.29) is 18.3 Å². The fourth-order valence-corrected chi connectivity index (χ4v) is 3.03. The topological polar surface area (TPSA) is 23.4 Å². The van der Waals surface area contributed by atoms with Gasteiger partial charge in [-0.1, -0.05) is 25.1 Å². The molecule has 0 radical (unpaired) electrons. The molecule has 1 fully saturated rings. The maximum Gasteiger partial charge on any atom is 0.497 e. The van der Waals surface area contributed by atoms with Gasteiger partial charge < -0.3 is 13.9 Å². The van der Waals surface area contributed by atoms with Crippen molar-refractivity contribution in [3.05, 3.63) is 30.0 Å². The predicted octanol–water partition coefficient (Wildman–Crippen LogP) is 3.04. The summed E-state index contributed by atoms with van der Waals surface area (Å²) in [6.07, 6.45) is 3.17. The molecule has 0 saturated carbocycles. The minimum Gasteiger partial charge on any atom is -0.399 e. The number of nitrogens with zero attached hydrogens (tertiary/aromatic N) is 1. The van der Waals surface area contributed by atoms with Crippen molar-refractivity contribution in [2.75, 3.05) is 0 Å². The zero-order valence-electron chi connectivity index (χ0n) is 13.9. The van der Waals surface area contributed by atoms with Gasteiger partial charge in [-0.25, -0.2) is 0 Å². The molecule has 0 amide bonds. The van der Waals surface area contributed by atoms with Gasteiger partial charge in [0.15, 0.2) is 0 Å². The number of para-hydroxylation sites is 1. The summed E-state index contributed by atoms with van der Waals surface area (Å²) in [6.45, 7) is 10.6. The highest BCUT2D eigenvalue weighted by atomic mass is 16.7. The second kappa shape index (κ2) is 4.62. The van der Waals surface area contributed by atoms with Crippen LogP contribution >= 0.6 is 0 Å².